The summed E-state index contributed by atoms with van der Waals surface area (Å²) >= 11 is 1.38. The Kier molecular flexibility index (Phi) is 6.14. The minimum atomic E-state index is -0.102. The molecule has 7 nitrogen and oxygen atoms in total. The number of rotatable bonds is 7. The molecule has 170 valence electrons. The van der Waals surface area contributed by atoms with Crippen molar-refractivity contribution in [3.05, 3.63) is 78.4 Å². The summed E-state index contributed by atoms with van der Waals surface area (Å²) in [6.45, 7) is 4.84. The van der Waals surface area contributed by atoms with Crippen LogP contribution < -0.4 is 5.32 Å². The van der Waals surface area contributed by atoms with Gasteiger partial charge in [0.2, 0.25) is 5.91 Å². The van der Waals surface area contributed by atoms with E-state index < -0.39 is 0 Å². The molecule has 34 heavy (non-hydrogen) atoms. The summed E-state index contributed by atoms with van der Waals surface area (Å²) in [4.78, 5) is 20.7. The number of carbonyl (C=O) groups excluding carboxylic acids is 1. The fourth-order valence-electron chi connectivity index (χ4n) is 3.86. The number of carbonyl (C=O) groups is 1. The second-order valence-corrected chi connectivity index (χ2v) is 8.83. The van der Waals surface area contributed by atoms with E-state index in [2.05, 4.69) is 45.4 Å². The molecule has 8 heteroatoms. The van der Waals surface area contributed by atoms with Crippen LogP contribution in [0.2, 0.25) is 0 Å². The highest BCUT2D eigenvalue weighted by atomic mass is 32.2. The van der Waals surface area contributed by atoms with Gasteiger partial charge in [-0.2, -0.15) is 0 Å². The molecule has 3 aromatic carbocycles. The predicted molar refractivity (Wildman–Crippen MR) is 137 cm³/mol. The molecule has 1 amide bonds. The zero-order valence-corrected chi connectivity index (χ0v) is 19.8. The fourth-order valence-corrected chi connectivity index (χ4v) is 4.67. The molecular weight excluding hydrogens is 444 g/mol. The summed E-state index contributed by atoms with van der Waals surface area (Å²) in [6, 6.07) is 23.7. The van der Waals surface area contributed by atoms with E-state index >= 15 is 0 Å². The Hall–Kier alpha value is -3.91. The van der Waals surface area contributed by atoms with Gasteiger partial charge in [-0.3, -0.25) is 4.79 Å². The van der Waals surface area contributed by atoms with E-state index in [1.54, 1.807) is 0 Å². The molecule has 0 saturated carbocycles. The van der Waals surface area contributed by atoms with Crippen molar-refractivity contribution >= 4 is 34.4 Å². The number of H-pyrrole nitrogens is 1. The SMILES string of the molecule is CCn1c(SCC(=O)Nc2cccc(-c3nc4ccccc4[nH]3)c2)nnc1-c1ccccc1C. The maximum absolute atomic E-state index is 12.7. The van der Waals surface area contributed by atoms with Gasteiger partial charge in [-0.25, -0.2) is 4.98 Å². The van der Waals surface area contributed by atoms with Crippen molar-refractivity contribution in [1.82, 2.24) is 24.7 Å². The van der Waals surface area contributed by atoms with Crippen molar-refractivity contribution < 1.29 is 4.79 Å². The lowest BCUT2D eigenvalue weighted by atomic mass is 10.1. The number of aryl methyl sites for hydroxylation is 1. The van der Waals surface area contributed by atoms with Gasteiger partial charge in [0.25, 0.3) is 0 Å². The van der Waals surface area contributed by atoms with Crippen molar-refractivity contribution in [3.63, 3.8) is 0 Å². The number of benzene rings is 3. The summed E-state index contributed by atoms with van der Waals surface area (Å²) in [6.07, 6.45) is 0. The molecule has 0 saturated heterocycles. The van der Waals surface area contributed by atoms with Crippen LogP contribution in [0.1, 0.15) is 12.5 Å². The quantitative estimate of drug-likeness (QED) is 0.306. The number of nitrogens with one attached hydrogen (secondary N) is 2. The lowest BCUT2D eigenvalue weighted by Crippen LogP contribution is -2.14. The van der Waals surface area contributed by atoms with Gasteiger partial charge < -0.3 is 14.9 Å². The molecule has 0 radical (unpaired) electrons. The first-order valence-corrected chi connectivity index (χ1v) is 12.1. The number of thioether (sulfide) groups is 1. The molecule has 0 atom stereocenters. The third kappa shape index (κ3) is 4.45. The van der Waals surface area contributed by atoms with Crippen molar-refractivity contribution in [2.24, 2.45) is 0 Å². The summed E-state index contributed by atoms with van der Waals surface area (Å²) < 4.78 is 2.04. The van der Waals surface area contributed by atoms with Crippen LogP contribution in [-0.4, -0.2) is 36.4 Å². The standard InChI is InChI=1S/C26H24N6OS/c1-3-32-25(20-12-5-4-9-17(20)2)30-31-26(32)34-16-23(33)27-19-11-8-10-18(15-19)24-28-21-13-6-7-14-22(21)29-24/h4-15H,3,16H2,1-2H3,(H,27,33)(H,28,29). The Labute approximate surface area is 201 Å². The van der Waals surface area contributed by atoms with Gasteiger partial charge in [-0.05, 0) is 43.7 Å². The van der Waals surface area contributed by atoms with Gasteiger partial charge in [-0.1, -0.05) is 60.3 Å². The molecule has 2 aromatic heterocycles. The normalized spacial score (nSPS) is 11.1. The second-order valence-electron chi connectivity index (χ2n) is 7.89. The van der Waals surface area contributed by atoms with Crippen LogP contribution in [0.3, 0.4) is 0 Å². The van der Waals surface area contributed by atoms with E-state index in [9.17, 15) is 4.79 Å². The fraction of sp³-hybridized carbons (Fsp3) is 0.154. The van der Waals surface area contributed by atoms with Crippen molar-refractivity contribution in [2.75, 3.05) is 11.1 Å². The minimum Gasteiger partial charge on any atom is -0.338 e. The average Bonchev–Trinajstić information content (AvgIpc) is 3.47. The Morgan fingerprint density at radius 2 is 1.85 bits per heavy atom. The molecule has 0 bridgehead atoms. The van der Waals surface area contributed by atoms with E-state index in [0.29, 0.717) is 0 Å². The van der Waals surface area contributed by atoms with Crippen molar-refractivity contribution in [1.29, 1.82) is 0 Å². The average molecular weight is 469 g/mol. The van der Waals surface area contributed by atoms with Gasteiger partial charge in [-0.15, -0.1) is 10.2 Å². The van der Waals surface area contributed by atoms with E-state index in [0.717, 1.165) is 56.8 Å². The smallest absolute Gasteiger partial charge is 0.234 e. The molecule has 0 aliphatic rings. The molecule has 5 rings (SSSR count). The number of imidazole rings is 1. The molecule has 0 aliphatic heterocycles. The number of hydrogen-bond acceptors (Lipinski definition) is 5. The summed E-state index contributed by atoms with van der Waals surface area (Å²) in [5, 5.41) is 12.4. The van der Waals surface area contributed by atoms with E-state index in [-0.39, 0.29) is 11.7 Å². The first-order valence-electron chi connectivity index (χ1n) is 11.1. The molecule has 2 heterocycles. The highest BCUT2D eigenvalue weighted by molar-refractivity contribution is 7.99. The maximum Gasteiger partial charge on any atom is 0.234 e. The van der Waals surface area contributed by atoms with Crippen LogP contribution in [0.5, 0.6) is 0 Å². The van der Waals surface area contributed by atoms with Crippen LogP contribution in [0.25, 0.3) is 33.8 Å². The van der Waals surface area contributed by atoms with Crippen LogP contribution >= 0.6 is 11.8 Å². The summed E-state index contributed by atoms with van der Waals surface area (Å²) in [7, 11) is 0. The number of fused-ring (bicyclic) bond motifs is 1. The minimum absolute atomic E-state index is 0.102. The summed E-state index contributed by atoms with van der Waals surface area (Å²) in [5.74, 6) is 1.73. The molecule has 0 fully saturated rings. The van der Waals surface area contributed by atoms with Gasteiger partial charge in [0.1, 0.15) is 5.82 Å². The van der Waals surface area contributed by atoms with Crippen molar-refractivity contribution in [2.45, 2.75) is 25.5 Å². The summed E-state index contributed by atoms with van der Waals surface area (Å²) in [5.41, 5.74) is 5.72. The third-order valence-corrected chi connectivity index (χ3v) is 6.53. The molecule has 2 N–H and O–H groups in total. The zero-order valence-electron chi connectivity index (χ0n) is 18.9. The van der Waals surface area contributed by atoms with Crippen LogP contribution in [0, 0.1) is 6.92 Å². The monoisotopic (exact) mass is 468 g/mol. The lowest BCUT2D eigenvalue weighted by Gasteiger charge is -2.09. The molecular formula is C26H24N6OS. The second kappa shape index (κ2) is 9.52. The topological polar surface area (TPSA) is 88.5 Å². The maximum atomic E-state index is 12.7. The Bertz CT molecular complexity index is 1440. The zero-order chi connectivity index (χ0) is 23.5. The van der Waals surface area contributed by atoms with E-state index in [4.69, 9.17) is 0 Å². The number of amides is 1. The highest BCUT2D eigenvalue weighted by Crippen LogP contribution is 2.27. The number of aromatic amines is 1. The van der Waals surface area contributed by atoms with Crippen LogP contribution in [0.4, 0.5) is 5.69 Å². The number of aromatic nitrogens is 5. The van der Waals surface area contributed by atoms with Gasteiger partial charge in [0.15, 0.2) is 11.0 Å². The van der Waals surface area contributed by atoms with Crippen molar-refractivity contribution in [3.8, 4) is 22.8 Å². The first-order chi connectivity index (χ1) is 16.6. The Balaban J connectivity index is 1.27. The van der Waals surface area contributed by atoms with Gasteiger partial charge >= 0.3 is 0 Å². The van der Waals surface area contributed by atoms with Crippen LogP contribution in [0.15, 0.2) is 78.0 Å². The number of hydrogen-bond donors (Lipinski definition) is 2. The largest absolute Gasteiger partial charge is 0.338 e. The van der Waals surface area contributed by atoms with Gasteiger partial charge in [0.05, 0.1) is 16.8 Å². The Morgan fingerprint density at radius 1 is 1.03 bits per heavy atom. The lowest BCUT2D eigenvalue weighted by molar-refractivity contribution is -0.113. The van der Waals surface area contributed by atoms with Crippen LogP contribution in [-0.2, 0) is 11.3 Å². The first kappa shape index (κ1) is 21.9. The number of nitrogens with zero attached hydrogens (tertiary/aromatic N) is 4. The van der Waals surface area contributed by atoms with E-state index in [1.165, 1.54) is 11.8 Å². The molecule has 5 aromatic rings. The number of para-hydroxylation sites is 2. The molecule has 0 aliphatic carbocycles. The molecule has 0 unspecified atom stereocenters. The molecule has 0 spiro atoms. The highest BCUT2D eigenvalue weighted by Gasteiger charge is 2.16. The van der Waals surface area contributed by atoms with E-state index in [1.807, 2.05) is 71.3 Å². The third-order valence-electron chi connectivity index (χ3n) is 5.56. The van der Waals surface area contributed by atoms with Gasteiger partial charge in [0, 0.05) is 23.4 Å². The predicted octanol–water partition coefficient (Wildman–Crippen LogP) is 5.55. The Morgan fingerprint density at radius 3 is 2.68 bits per heavy atom. The number of anilines is 1.